The second kappa shape index (κ2) is 6.76. The summed E-state index contributed by atoms with van der Waals surface area (Å²) < 4.78 is 7.53. The zero-order chi connectivity index (χ0) is 15.4. The molecular formula is C17H25N3O. The number of hydrogen-bond acceptors (Lipinski definition) is 3. The summed E-state index contributed by atoms with van der Waals surface area (Å²) in [6, 6.07) is 6.53. The van der Waals surface area contributed by atoms with Crippen LogP contribution in [0.2, 0.25) is 0 Å². The molecule has 0 saturated carbocycles. The minimum absolute atomic E-state index is 0.0901. The van der Waals surface area contributed by atoms with E-state index in [0.29, 0.717) is 0 Å². The SMILES string of the molecule is CCNC(c1cccc(C)c1C)c1c(OC)cnn1CC. The van der Waals surface area contributed by atoms with Gasteiger partial charge >= 0.3 is 0 Å². The minimum atomic E-state index is 0.0901. The van der Waals surface area contributed by atoms with Gasteiger partial charge in [-0.1, -0.05) is 25.1 Å². The van der Waals surface area contributed by atoms with Crippen LogP contribution in [0.15, 0.2) is 24.4 Å². The predicted molar refractivity (Wildman–Crippen MR) is 85.9 cm³/mol. The van der Waals surface area contributed by atoms with Crippen molar-refractivity contribution in [1.29, 1.82) is 0 Å². The predicted octanol–water partition coefficient (Wildman–Crippen LogP) is 3.23. The Labute approximate surface area is 127 Å². The van der Waals surface area contributed by atoms with E-state index in [-0.39, 0.29) is 6.04 Å². The number of aromatic nitrogens is 2. The monoisotopic (exact) mass is 287 g/mol. The molecule has 2 aromatic rings. The molecule has 1 aromatic heterocycles. The van der Waals surface area contributed by atoms with E-state index < -0.39 is 0 Å². The molecule has 114 valence electrons. The summed E-state index contributed by atoms with van der Waals surface area (Å²) in [6.45, 7) is 10.3. The van der Waals surface area contributed by atoms with Crippen LogP contribution < -0.4 is 10.1 Å². The molecule has 0 radical (unpaired) electrons. The van der Waals surface area contributed by atoms with E-state index in [1.54, 1.807) is 13.3 Å². The fourth-order valence-electron chi connectivity index (χ4n) is 2.72. The van der Waals surface area contributed by atoms with E-state index in [0.717, 1.165) is 24.5 Å². The molecule has 1 aromatic carbocycles. The van der Waals surface area contributed by atoms with Gasteiger partial charge in [0.05, 0.1) is 19.3 Å². The number of nitrogens with one attached hydrogen (secondary N) is 1. The van der Waals surface area contributed by atoms with Crippen molar-refractivity contribution in [3.8, 4) is 5.75 Å². The first kappa shape index (κ1) is 15.6. The summed E-state index contributed by atoms with van der Waals surface area (Å²) in [6.07, 6.45) is 1.80. The molecule has 0 saturated heterocycles. The molecule has 0 spiro atoms. The van der Waals surface area contributed by atoms with Crippen molar-refractivity contribution < 1.29 is 4.74 Å². The molecule has 1 heterocycles. The lowest BCUT2D eigenvalue weighted by molar-refractivity contribution is 0.399. The summed E-state index contributed by atoms with van der Waals surface area (Å²) in [5.74, 6) is 0.837. The van der Waals surface area contributed by atoms with Gasteiger partial charge in [-0.25, -0.2) is 0 Å². The van der Waals surface area contributed by atoms with Crippen LogP contribution in [-0.2, 0) is 6.54 Å². The lowest BCUT2D eigenvalue weighted by Gasteiger charge is -2.23. The Morgan fingerprint density at radius 3 is 2.67 bits per heavy atom. The molecule has 4 nitrogen and oxygen atoms in total. The molecule has 0 fully saturated rings. The molecule has 1 N–H and O–H groups in total. The first-order chi connectivity index (χ1) is 10.1. The largest absolute Gasteiger partial charge is 0.493 e. The van der Waals surface area contributed by atoms with Crippen LogP contribution in [0.1, 0.15) is 42.3 Å². The van der Waals surface area contributed by atoms with Gasteiger partial charge in [-0.2, -0.15) is 5.10 Å². The zero-order valence-corrected chi connectivity index (χ0v) is 13.6. The first-order valence-electron chi connectivity index (χ1n) is 7.53. The van der Waals surface area contributed by atoms with Gasteiger partial charge in [0.15, 0.2) is 5.75 Å². The van der Waals surface area contributed by atoms with E-state index in [4.69, 9.17) is 4.74 Å². The highest BCUT2D eigenvalue weighted by atomic mass is 16.5. The van der Waals surface area contributed by atoms with E-state index in [1.807, 2.05) is 4.68 Å². The highest BCUT2D eigenvalue weighted by Crippen LogP contribution is 2.32. The van der Waals surface area contributed by atoms with Crippen molar-refractivity contribution in [2.24, 2.45) is 0 Å². The van der Waals surface area contributed by atoms with Gasteiger partial charge < -0.3 is 10.1 Å². The molecule has 0 aliphatic carbocycles. The van der Waals surface area contributed by atoms with E-state index in [9.17, 15) is 0 Å². The minimum Gasteiger partial charge on any atom is -0.493 e. The number of rotatable bonds is 6. The molecule has 0 amide bonds. The number of benzene rings is 1. The molecule has 1 unspecified atom stereocenters. The van der Waals surface area contributed by atoms with Crippen LogP contribution in [0.25, 0.3) is 0 Å². The Balaban J connectivity index is 2.58. The lowest BCUT2D eigenvalue weighted by Crippen LogP contribution is -2.26. The van der Waals surface area contributed by atoms with Crippen LogP contribution in [0.3, 0.4) is 0 Å². The second-order valence-corrected chi connectivity index (χ2v) is 5.19. The molecule has 0 aliphatic heterocycles. The Hall–Kier alpha value is -1.81. The van der Waals surface area contributed by atoms with Crippen molar-refractivity contribution in [3.05, 3.63) is 46.8 Å². The quantitative estimate of drug-likeness (QED) is 0.886. The van der Waals surface area contributed by atoms with Crippen LogP contribution >= 0.6 is 0 Å². The van der Waals surface area contributed by atoms with Crippen LogP contribution in [0.4, 0.5) is 0 Å². The first-order valence-corrected chi connectivity index (χ1v) is 7.53. The molecule has 0 bridgehead atoms. The van der Waals surface area contributed by atoms with Crippen molar-refractivity contribution in [2.75, 3.05) is 13.7 Å². The van der Waals surface area contributed by atoms with Crippen LogP contribution in [0.5, 0.6) is 5.75 Å². The zero-order valence-electron chi connectivity index (χ0n) is 13.6. The van der Waals surface area contributed by atoms with Gasteiger partial charge in [0.2, 0.25) is 0 Å². The molecule has 21 heavy (non-hydrogen) atoms. The number of methoxy groups -OCH3 is 1. The van der Waals surface area contributed by atoms with Crippen LogP contribution in [0, 0.1) is 13.8 Å². The van der Waals surface area contributed by atoms with Crippen molar-refractivity contribution in [2.45, 2.75) is 40.3 Å². The molecule has 4 heteroatoms. The van der Waals surface area contributed by atoms with E-state index in [1.165, 1.54) is 16.7 Å². The van der Waals surface area contributed by atoms with E-state index in [2.05, 4.69) is 56.3 Å². The van der Waals surface area contributed by atoms with Gasteiger partial charge in [-0.3, -0.25) is 4.68 Å². The third-order valence-corrected chi connectivity index (χ3v) is 4.00. The molecular weight excluding hydrogens is 262 g/mol. The third-order valence-electron chi connectivity index (χ3n) is 4.00. The maximum absolute atomic E-state index is 5.52. The third kappa shape index (κ3) is 2.95. The normalized spacial score (nSPS) is 12.4. The second-order valence-electron chi connectivity index (χ2n) is 5.19. The maximum Gasteiger partial charge on any atom is 0.161 e. The fourth-order valence-corrected chi connectivity index (χ4v) is 2.72. The number of nitrogens with zero attached hydrogens (tertiary/aromatic N) is 2. The van der Waals surface area contributed by atoms with Crippen LogP contribution in [-0.4, -0.2) is 23.4 Å². The average Bonchev–Trinajstić information content (AvgIpc) is 2.90. The Morgan fingerprint density at radius 2 is 2.05 bits per heavy atom. The summed E-state index contributed by atoms with van der Waals surface area (Å²) in [7, 11) is 1.70. The standard InChI is InChI=1S/C17H25N3O/c1-6-18-16(14-10-8-9-12(3)13(14)4)17-15(21-5)11-19-20(17)7-2/h8-11,16,18H,6-7H2,1-5H3. The van der Waals surface area contributed by atoms with Crippen molar-refractivity contribution >= 4 is 0 Å². The van der Waals surface area contributed by atoms with E-state index >= 15 is 0 Å². The summed E-state index contributed by atoms with van der Waals surface area (Å²) in [5, 5.41) is 8.02. The lowest BCUT2D eigenvalue weighted by atomic mass is 9.95. The molecule has 0 aliphatic rings. The van der Waals surface area contributed by atoms with Crippen molar-refractivity contribution in [3.63, 3.8) is 0 Å². The van der Waals surface area contributed by atoms with Gasteiger partial charge in [0, 0.05) is 6.54 Å². The smallest absolute Gasteiger partial charge is 0.161 e. The Bertz CT molecular complexity index is 583. The highest BCUT2D eigenvalue weighted by Gasteiger charge is 2.24. The van der Waals surface area contributed by atoms with Gasteiger partial charge in [-0.05, 0) is 44.0 Å². The van der Waals surface area contributed by atoms with Gasteiger partial charge in [0.25, 0.3) is 0 Å². The Kier molecular flexibility index (Phi) is 5.02. The maximum atomic E-state index is 5.52. The average molecular weight is 287 g/mol. The number of aryl methyl sites for hydroxylation is 2. The highest BCUT2D eigenvalue weighted by molar-refractivity contribution is 5.42. The Morgan fingerprint density at radius 1 is 1.29 bits per heavy atom. The fraction of sp³-hybridized carbons (Fsp3) is 0.471. The topological polar surface area (TPSA) is 39.1 Å². The molecule has 2 rings (SSSR count). The van der Waals surface area contributed by atoms with Crippen molar-refractivity contribution in [1.82, 2.24) is 15.1 Å². The van der Waals surface area contributed by atoms with Gasteiger partial charge in [-0.15, -0.1) is 0 Å². The molecule has 1 atom stereocenters. The number of ether oxygens (including phenoxy) is 1. The summed E-state index contributed by atoms with van der Waals surface area (Å²) in [4.78, 5) is 0. The van der Waals surface area contributed by atoms with Gasteiger partial charge in [0.1, 0.15) is 5.69 Å². The number of hydrogen-bond donors (Lipinski definition) is 1. The summed E-state index contributed by atoms with van der Waals surface area (Å²) >= 11 is 0. The summed E-state index contributed by atoms with van der Waals surface area (Å²) in [5.41, 5.74) is 4.99.